The molecule has 4 heterocycles. The molecule has 0 aromatic heterocycles. The molecule has 6 rings (SSSR count). The van der Waals surface area contributed by atoms with Crippen LogP contribution in [0.15, 0.2) is 60.7 Å². The molecule has 0 aliphatic carbocycles. The molecular weight excluding hydrogens is 456 g/mol. The Morgan fingerprint density at radius 3 is 2.46 bits per heavy atom. The van der Waals surface area contributed by atoms with Gasteiger partial charge >= 0.3 is 0 Å². The van der Waals surface area contributed by atoms with Gasteiger partial charge in [0.25, 0.3) is 0 Å². The Bertz CT molecular complexity index is 1050. The summed E-state index contributed by atoms with van der Waals surface area (Å²) in [5, 5.41) is 7.32. The van der Waals surface area contributed by atoms with E-state index in [1.165, 1.54) is 30.4 Å². The number of rotatable bonds is 6. The van der Waals surface area contributed by atoms with Crippen LogP contribution in [0.4, 0.5) is 0 Å². The molecule has 4 aliphatic rings. The molecular formula is C32H44N4O. The molecule has 1 amide bonds. The van der Waals surface area contributed by atoms with E-state index in [-0.39, 0.29) is 11.5 Å². The maximum atomic E-state index is 14.1. The molecule has 0 bridgehead atoms. The van der Waals surface area contributed by atoms with Crippen LogP contribution in [-0.2, 0) is 4.79 Å². The van der Waals surface area contributed by atoms with Gasteiger partial charge in [-0.2, -0.15) is 0 Å². The number of likely N-dealkylation sites (tertiary alicyclic amines) is 2. The van der Waals surface area contributed by atoms with Gasteiger partial charge in [-0.05, 0) is 73.7 Å². The summed E-state index contributed by atoms with van der Waals surface area (Å²) in [6.07, 6.45) is 5.67. The zero-order valence-corrected chi connectivity index (χ0v) is 22.4. The molecule has 37 heavy (non-hydrogen) atoms. The maximum Gasteiger partial charge on any atom is 0.240 e. The third kappa shape index (κ3) is 5.10. The largest absolute Gasteiger partial charge is 0.336 e. The van der Waals surface area contributed by atoms with Crippen molar-refractivity contribution in [1.82, 2.24) is 20.4 Å². The van der Waals surface area contributed by atoms with Crippen molar-refractivity contribution < 1.29 is 4.79 Å². The maximum absolute atomic E-state index is 14.1. The SMILES string of the molecule is CCC1CNCCC12CNC(C(=O)N1CC(c3ccccc3)CC1CN1CCC(c3ccccc3)C1)C2. The number of carbonyl (C=O) groups is 1. The second-order valence-electron chi connectivity index (χ2n) is 12.2. The fourth-order valence-electron chi connectivity index (χ4n) is 7.99. The van der Waals surface area contributed by atoms with Crippen LogP contribution in [0.25, 0.3) is 0 Å². The normalized spacial score (nSPS) is 34.4. The number of nitrogens with zero attached hydrogens (tertiary/aromatic N) is 2. The van der Waals surface area contributed by atoms with Gasteiger partial charge in [-0.1, -0.05) is 74.0 Å². The average molecular weight is 501 g/mol. The van der Waals surface area contributed by atoms with Gasteiger partial charge in [0.2, 0.25) is 5.91 Å². The Labute approximate surface area is 223 Å². The number of piperidine rings is 1. The zero-order chi connectivity index (χ0) is 25.2. The third-order valence-electron chi connectivity index (χ3n) is 10.1. The summed E-state index contributed by atoms with van der Waals surface area (Å²) in [6.45, 7) is 9.57. The molecule has 2 N–H and O–H groups in total. The minimum atomic E-state index is -0.0279. The molecule has 0 radical (unpaired) electrons. The van der Waals surface area contributed by atoms with Crippen molar-refractivity contribution in [1.29, 1.82) is 0 Å². The highest BCUT2D eigenvalue weighted by molar-refractivity contribution is 5.83. The predicted octanol–water partition coefficient (Wildman–Crippen LogP) is 4.23. The summed E-state index contributed by atoms with van der Waals surface area (Å²) in [5.41, 5.74) is 3.12. The highest BCUT2D eigenvalue weighted by Gasteiger charge is 2.49. The Balaban J connectivity index is 1.17. The Hall–Kier alpha value is -2.21. The first-order valence-corrected chi connectivity index (χ1v) is 14.7. The van der Waals surface area contributed by atoms with Gasteiger partial charge < -0.3 is 20.4 Å². The van der Waals surface area contributed by atoms with E-state index in [0.717, 1.165) is 58.7 Å². The first-order valence-electron chi connectivity index (χ1n) is 14.7. The lowest BCUT2D eigenvalue weighted by molar-refractivity contribution is -0.134. The molecule has 6 atom stereocenters. The lowest BCUT2D eigenvalue weighted by Gasteiger charge is -2.41. The first kappa shape index (κ1) is 25.1. The van der Waals surface area contributed by atoms with E-state index < -0.39 is 0 Å². The Morgan fingerprint density at radius 2 is 1.73 bits per heavy atom. The number of benzene rings is 2. The average Bonchev–Trinajstić information content (AvgIpc) is 3.70. The van der Waals surface area contributed by atoms with Crippen molar-refractivity contribution in [3.63, 3.8) is 0 Å². The van der Waals surface area contributed by atoms with E-state index >= 15 is 0 Å². The molecule has 6 unspecified atom stereocenters. The van der Waals surface area contributed by atoms with Crippen molar-refractivity contribution in [3.8, 4) is 0 Å². The summed E-state index contributed by atoms with van der Waals surface area (Å²) < 4.78 is 0. The summed E-state index contributed by atoms with van der Waals surface area (Å²) >= 11 is 0. The molecule has 5 nitrogen and oxygen atoms in total. The number of hydrogen-bond acceptors (Lipinski definition) is 4. The predicted molar refractivity (Wildman–Crippen MR) is 150 cm³/mol. The van der Waals surface area contributed by atoms with E-state index in [9.17, 15) is 4.79 Å². The minimum Gasteiger partial charge on any atom is -0.336 e. The first-order chi connectivity index (χ1) is 18.1. The van der Waals surface area contributed by atoms with Crippen molar-refractivity contribution in [2.75, 3.05) is 45.8 Å². The molecule has 2 aromatic rings. The minimum absolute atomic E-state index is 0.0279. The summed E-state index contributed by atoms with van der Waals surface area (Å²) in [7, 11) is 0. The van der Waals surface area contributed by atoms with Gasteiger partial charge in [0, 0.05) is 38.1 Å². The van der Waals surface area contributed by atoms with Crippen molar-refractivity contribution in [2.24, 2.45) is 11.3 Å². The fourth-order valence-corrected chi connectivity index (χ4v) is 7.99. The summed E-state index contributed by atoms with van der Waals surface area (Å²) in [5.74, 6) is 2.06. The second kappa shape index (κ2) is 10.9. The van der Waals surface area contributed by atoms with Gasteiger partial charge in [0.05, 0.1) is 6.04 Å². The smallest absolute Gasteiger partial charge is 0.240 e. The number of amides is 1. The quantitative estimate of drug-likeness (QED) is 0.623. The molecule has 0 saturated carbocycles. The molecule has 5 heteroatoms. The third-order valence-corrected chi connectivity index (χ3v) is 10.1. The van der Waals surface area contributed by atoms with Crippen LogP contribution in [0.5, 0.6) is 0 Å². The molecule has 4 aliphatic heterocycles. The lowest BCUT2D eigenvalue weighted by atomic mass is 9.68. The van der Waals surface area contributed by atoms with Crippen LogP contribution in [-0.4, -0.2) is 73.6 Å². The molecule has 1 spiro atoms. The fraction of sp³-hybridized carbons (Fsp3) is 0.594. The topological polar surface area (TPSA) is 47.6 Å². The molecule has 4 fully saturated rings. The van der Waals surface area contributed by atoms with Crippen LogP contribution < -0.4 is 10.6 Å². The standard InChI is InChI=1S/C32H44N4O/c1-2-28-19-33-15-14-32(28)18-30(34-23-32)31(37)36-21-27(25-11-7-4-8-12-25)17-29(36)22-35-16-13-26(20-35)24-9-5-3-6-10-24/h3-12,26-30,33-34H,2,13-23H2,1H3. The van der Waals surface area contributed by atoms with Gasteiger partial charge in [0.1, 0.15) is 0 Å². The van der Waals surface area contributed by atoms with Crippen molar-refractivity contribution >= 4 is 5.91 Å². The number of carbonyl (C=O) groups excluding carboxylic acids is 1. The number of nitrogens with one attached hydrogen (secondary N) is 2. The molecule has 4 saturated heterocycles. The molecule has 2 aromatic carbocycles. The van der Waals surface area contributed by atoms with Crippen LogP contribution in [0, 0.1) is 11.3 Å². The van der Waals surface area contributed by atoms with Crippen LogP contribution in [0.3, 0.4) is 0 Å². The Kier molecular flexibility index (Phi) is 7.38. The van der Waals surface area contributed by atoms with Gasteiger partial charge in [0.15, 0.2) is 0 Å². The van der Waals surface area contributed by atoms with Crippen molar-refractivity contribution in [2.45, 2.75) is 62.9 Å². The number of hydrogen-bond donors (Lipinski definition) is 2. The van der Waals surface area contributed by atoms with Gasteiger partial charge in [-0.15, -0.1) is 0 Å². The van der Waals surface area contributed by atoms with Crippen LogP contribution >= 0.6 is 0 Å². The van der Waals surface area contributed by atoms with E-state index in [0.29, 0.717) is 29.7 Å². The van der Waals surface area contributed by atoms with E-state index in [1.807, 2.05) is 0 Å². The van der Waals surface area contributed by atoms with E-state index in [4.69, 9.17) is 0 Å². The summed E-state index contributed by atoms with van der Waals surface area (Å²) in [6, 6.07) is 22.1. The van der Waals surface area contributed by atoms with Crippen LogP contribution in [0.1, 0.15) is 62.0 Å². The van der Waals surface area contributed by atoms with E-state index in [1.54, 1.807) is 0 Å². The van der Waals surface area contributed by atoms with Gasteiger partial charge in [-0.3, -0.25) is 4.79 Å². The highest BCUT2D eigenvalue weighted by atomic mass is 16.2. The second-order valence-corrected chi connectivity index (χ2v) is 12.2. The zero-order valence-electron chi connectivity index (χ0n) is 22.4. The molecule has 198 valence electrons. The lowest BCUT2D eigenvalue weighted by Crippen LogP contribution is -2.49. The Morgan fingerprint density at radius 1 is 1.00 bits per heavy atom. The van der Waals surface area contributed by atoms with E-state index in [2.05, 4.69) is 88.0 Å². The highest BCUT2D eigenvalue weighted by Crippen LogP contribution is 2.44. The monoisotopic (exact) mass is 500 g/mol. The summed E-state index contributed by atoms with van der Waals surface area (Å²) in [4.78, 5) is 19.1. The van der Waals surface area contributed by atoms with Crippen molar-refractivity contribution in [3.05, 3.63) is 71.8 Å². The van der Waals surface area contributed by atoms with Crippen LogP contribution in [0.2, 0.25) is 0 Å². The van der Waals surface area contributed by atoms with Gasteiger partial charge in [-0.25, -0.2) is 0 Å².